The van der Waals surface area contributed by atoms with E-state index < -0.39 is 0 Å². The van der Waals surface area contributed by atoms with E-state index in [1.165, 1.54) is 27.8 Å². The summed E-state index contributed by atoms with van der Waals surface area (Å²) in [4.78, 5) is 5.05. The molecule has 0 saturated heterocycles. The van der Waals surface area contributed by atoms with Crippen molar-refractivity contribution in [3.05, 3.63) is 192 Å². The van der Waals surface area contributed by atoms with Gasteiger partial charge in [0.05, 0.1) is 5.69 Å². The van der Waals surface area contributed by atoms with Crippen LogP contribution in [0.25, 0.3) is 50.1 Å². The van der Waals surface area contributed by atoms with E-state index in [9.17, 15) is 0 Å². The van der Waals surface area contributed by atoms with Crippen LogP contribution in [-0.2, 0) is 53.6 Å². The first kappa shape index (κ1) is 57.7. The van der Waals surface area contributed by atoms with Crippen LogP contribution in [0.4, 0.5) is 0 Å². The molecule has 0 spiro atoms. The zero-order valence-corrected chi connectivity index (χ0v) is 54.0. The molecule has 0 radical (unpaired) electrons. The molecule has 83 heavy (non-hydrogen) atoms. The molecular weight excluding hydrogens is 1200 g/mol. The average molecular weight is 1280 g/mol. The molecule has 5 heterocycles. The predicted molar refractivity (Wildman–Crippen MR) is 338 cm³/mol. The molecule has 12 rings (SSSR count). The van der Waals surface area contributed by atoms with Crippen molar-refractivity contribution < 1.29 is 39.8 Å². The van der Waals surface area contributed by atoms with E-state index in [1.54, 1.807) is 0 Å². The molecule has 0 bridgehead atoms. The standard InChI is InChI=1S/C74H77BN4O3.Pt/c1-69(2,3)47-20-24-59-63(39-47)81-65-32-46(33-66-68(65)75(59)60-25-21-48(70(4,5)6)40-64(60)82-66)45-19-26-61-58(31-45)57-23-22-55(43-62(57)79(61)67-41-49(27-28-76-67)71(7,8)9)80-56-38-52(74(16,17)18)37-54(42-56)78-30-29-77(44-78)53-35-50(72(10,11)12)34-51(36-53)73(13,14)15;/h19-41H,1-18H3;/q-2;. The number of imidazole rings is 1. The molecule has 2 aliphatic heterocycles. The zero-order valence-electron chi connectivity index (χ0n) is 51.7. The molecule has 2 aliphatic rings. The maximum atomic E-state index is 7.02. The number of aromatic nitrogens is 4. The topological polar surface area (TPSA) is 54.3 Å². The molecule has 10 aromatic rings. The molecule has 426 valence electrons. The minimum absolute atomic E-state index is 0. The summed E-state index contributed by atoms with van der Waals surface area (Å²) in [5.74, 6) is 5.37. The maximum Gasteiger partial charge on any atom is 0.267 e. The van der Waals surface area contributed by atoms with Gasteiger partial charge in [-0.25, -0.2) is 4.98 Å². The van der Waals surface area contributed by atoms with Gasteiger partial charge in [-0.3, -0.25) is 4.57 Å². The second kappa shape index (κ2) is 20.0. The molecule has 0 amide bonds. The van der Waals surface area contributed by atoms with Gasteiger partial charge in [-0.15, -0.1) is 29.7 Å². The van der Waals surface area contributed by atoms with Crippen LogP contribution in [0.2, 0.25) is 0 Å². The summed E-state index contributed by atoms with van der Waals surface area (Å²) in [5, 5.41) is 2.09. The molecule has 0 saturated carbocycles. The third kappa shape index (κ3) is 10.8. The van der Waals surface area contributed by atoms with E-state index in [2.05, 4.69) is 274 Å². The Morgan fingerprint density at radius 2 is 1.04 bits per heavy atom. The second-order valence-corrected chi connectivity index (χ2v) is 29.2. The molecular formula is C74H77BN4O3Pt-2. The number of rotatable bonds is 6. The molecule has 0 unspecified atom stereocenters. The number of benzene rings is 7. The largest absolute Gasteiger partial charge is 0.510 e. The van der Waals surface area contributed by atoms with E-state index >= 15 is 0 Å². The smallest absolute Gasteiger partial charge is 0.267 e. The van der Waals surface area contributed by atoms with Crippen LogP contribution in [-0.4, -0.2) is 20.8 Å². The van der Waals surface area contributed by atoms with Crippen molar-refractivity contribution in [1.29, 1.82) is 0 Å². The minimum atomic E-state index is -0.189. The molecule has 0 N–H and O–H groups in total. The third-order valence-electron chi connectivity index (χ3n) is 16.7. The van der Waals surface area contributed by atoms with Gasteiger partial charge >= 0.3 is 0 Å². The normalized spacial score (nSPS) is 13.5. The van der Waals surface area contributed by atoms with Gasteiger partial charge in [0, 0.05) is 62.1 Å². The summed E-state index contributed by atoms with van der Waals surface area (Å²) in [6.07, 6.45) is 9.67. The Balaban J connectivity index is 0.00000721. The number of nitrogens with zero attached hydrogens (tertiary/aromatic N) is 4. The summed E-state index contributed by atoms with van der Waals surface area (Å²) in [7, 11) is 0. The van der Waals surface area contributed by atoms with Crippen LogP contribution in [0.5, 0.6) is 34.5 Å². The van der Waals surface area contributed by atoms with Gasteiger partial charge in [0.15, 0.2) is 0 Å². The fourth-order valence-corrected chi connectivity index (χ4v) is 11.5. The molecule has 9 heteroatoms. The van der Waals surface area contributed by atoms with Crippen molar-refractivity contribution >= 4 is 44.9 Å². The zero-order chi connectivity index (χ0) is 58.4. The van der Waals surface area contributed by atoms with E-state index in [0.29, 0.717) is 11.5 Å². The fraction of sp³-hybridized carbons (Fsp3) is 0.324. The summed E-state index contributed by atoms with van der Waals surface area (Å²) >= 11 is 0. The third-order valence-corrected chi connectivity index (χ3v) is 16.7. The first-order valence-corrected chi connectivity index (χ1v) is 29.1. The van der Waals surface area contributed by atoms with Crippen LogP contribution in [0.3, 0.4) is 0 Å². The number of pyridine rings is 1. The minimum Gasteiger partial charge on any atom is -0.510 e. The average Bonchev–Trinajstić information content (AvgIpc) is 2.75. The number of fused-ring (bicyclic) bond motifs is 7. The quantitative estimate of drug-likeness (QED) is 0.0946. The Bertz CT molecular complexity index is 4100. The van der Waals surface area contributed by atoms with E-state index in [-0.39, 0.29) is 60.3 Å². The first-order chi connectivity index (χ1) is 38.3. The van der Waals surface area contributed by atoms with Gasteiger partial charge < -0.3 is 23.3 Å². The maximum absolute atomic E-state index is 7.02. The van der Waals surface area contributed by atoms with Gasteiger partial charge in [0.2, 0.25) is 0 Å². The van der Waals surface area contributed by atoms with E-state index in [4.69, 9.17) is 19.2 Å². The number of hydrogen-bond acceptors (Lipinski definition) is 4. The number of ether oxygens (including phenoxy) is 3. The van der Waals surface area contributed by atoms with Crippen LogP contribution < -0.4 is 35.2 Å². The molecule has 0 atom stereocenters. The van der Waals surface area contributed by atoms with Crippen molar-refractivity contribution in [2.45, 2.75) is 157 Å². The van der Waals surface area contributed by atoms with Gasteiger partial charge in [-0.2, -0.15) is 17.7 Å². The Labute approximate surface area is 507 Å². The molecule has 0 aliphatic carbocycles. The van der Waals surface area contributed by atoms with Gasteiger partial charge in [0.1, 0.15) is 28.8 Å². The monoisotopic (exact) mass is 1280 g/mol. The molecule has 7 aromatic carbocycles. The SMILES string of the molecule is CC(C)(C)c1cc(Oc2[c-]c3c(cc2)c2cc(-c4cc5c6c(c4)Oc4cc(C(C)(C)C)ccc4B6c4ccc(C(C)(C)C)cc4O5)ccc2n3-c2cc(C(C)(C)C)ccn2)[c-]c(-n2[c-][n+](-c3cc(C(C)(C)C)cc(C(C)(C)C)c3)cc2)c1.[Pt]. The summed E-state index contributed by atoms with van der Waals surface area (Å²) in [6, 6.07) is 51.8. The van der Waals surface area contributed by atoms with Gasteiger partial charge in [-0.05, 0) is 148 Å². The van der Waals surface area contributed by atoms with Crippen molar-refractivity contribution in [2.24, 2.45) is 0 Å². The van der Waals surface area contributed by atoms with Crippen LogP contribution in [0, 0.1) is 18.5 Å². The van der Waals surface area contributed by atoms with Crippen molar-refractivity contribution in [2.75, 3.05) is 0 Å². The molecule has 3 aromatic heterocycles. The Hall–Kier alpha value is -7.15. The van der Waals surface area contributed by atoms with E-state index in [0.717, 1.165) is 95.1 Å². The van der Waals surface area contributed by atoms with E-state index in [1.807, 2.05) is 23.0 Å². The summed E-state index contributed by atoms with van der Waals surface area (Å²) in [5.41, 5.74) is 16.1. The second-order valence-electron chi connectivity index (χ2n) is 29.2. The Morgan fingerprint density at radius 3 is 1.60 bits per heavy atom. The van der Waals surface area contributed by atoms with Gasteiger partial charge in [-0.1, -0.05) is 173 Å². The molecule has 7 nitrogen and oxygen atoms in total. The summed E-state index contributed by atoms with van der Waals surface area (Å²) < 4.78 is 27.3. The van der Waals surface area contributed by atoms with Crippen LogP contribution in [0.15, 0.2) is 140 Å². The Kier molecular flexibility index (Phi) is 13.9. The van der Waals surface area contributed by atoms with Crippen LogP contribution in [0.1, 0.15) is 158 Å². The molecule has 0 fully saturated rings. The predicted octanol–water partition coefficient (Wildman–Crippen LogP) is 16.6. The van der Waals surface area contributed by atoms with Crippen molar-refractivity contribution in [3.8, 4) is 62.8 Å². The van der Waals surface area contributed by atoms with Crippen molar-refractivity contribution in [3.63, 3.8) is 0 Å². The fourth-order valence-electron chi connectivity index (χ4n) is 11.5. The Morgan fingerprint density at radius 1 is 0.482 bits per heavy atom. The summed E-state index contributed by atoms with van der Waals surface area (Å²) in [6.45, 7) is 40.5. The van der Waals surface area contributed by atoms with Crippen molar-refractivity contribution in [1.82, 2.24) is 14.1 Å². The first-order valence-electron chi connectivity index (χ1n) is 29.1. The van der Waals surface area contributed by atoms with Crippen LogP contribution >= 0.6 is 0 Å². The van der Waals surface area contributed by atoms with Gasteiger partial charge in [0.25, 0.3) is 13.0 Å². The number of hydrogen-bond donors (Lipinski definition) is 0.